The number of rotatable bonds is 8. The molecule has 1 atom stereocenters. The summed E-state index contributed by atoms with van der Waals surface area (Å²) in [7, 11) is 3.04. The maximum Gasteiger partial charge on any atom is 0.435 e. The summed E-state index contributed by atoms with van der Waals surface area (Å²) in [5.74, 6) is 0.831. The Bertz CT molecular complexity index is 554. The van der Waals surface area contributed by atoms with Gasteiger partial charge in [-0.25, -0.2) is 0 Å². The zero-order chi connectivity index (χ0) is 19.0. The maximum absolute atomic E-state index is 12.9. The fraction of sp³-hybridized carbons (Fsp3) is 0.750. The van der Waals surface area contributed by atoms with Crippen LogP contribution in [0.15, 0.2) is 11.2 Å². The second-order valence-electron chi connectivity index (χ2n) is 6.05. The second kappa shape index (κ2) is 9.65. The molecule has 9 heteroatoms. The van der Waals surface area contributed by atoms with Gasteiger partial charge < -0.3 is 15.4 Å². The highest BCUT2D eigenvalue weighted by atomic mass is 19.4. The number of halogens is 3. The zero-order valence-electron chi connectivity index (χ0n) is 15.4. The van der Waals surface area contributed by atoms with Crippen LogP contribution in [0, 0.1) is 5.92 Å². The number of aliphatic imine (C=N–C) groups is 1. The molecule has 1 heterocycles. The van der Waals surface area contributed by atoms with E-state index >= 15 is 0 Å². The second-order valence-corrected chi connectivity index (χ2v) is 6.05. The summed E-state index contributed by atoms with van der Waals surface area (Å²) < 4.78 is 45.7. The lowest BCUT2D eigenvalue weighted by atomic mass is 10.0. The van der Waals surface area contributed by atoms with Crippen LogP contribution < -0.4 is 10.6 Å². The molecule has 1 rings (SSSR count). The molecule has 0 aliphatic heterocycles. The van der Waals surface area contributed by atoms with E-state index in [0.717, 1.165) is 11.1 Å². The van der Waals surface area contributed by atoms with Gasteiger partial charge in [-0.1, -0.05) is 13.8 Å². The smallest absolute Gasteiger partial charge is 0.378 e. The molecule has 0 spiro atoms. The normalized spacial score (nSPS) is 14.0. The van der Waals surface area contributed by atoms with Crippen LogP contribution in [-0.2, 0) is 24.5 Å². The van der Waals surface area contributed by atoms with Crippen LogP contribution in [0.5, 0.6) is 0 Å². The Kier molecular flexibility index (Phi) is 8.21. The summed E-state index contributed by atoms with van der Waals surface area (Å²) >= 11 is 0. The van der Waals surface area contributed by atoms with Gasteiger partial charge in [-0.3, -0.25) is 9.67 Å². The number of guanidine groups is 1. The molecule has 2 N–H and O–H groups in total. The Balaban J connectivity index is 2.56. The Morgan fingerprint density at radius 2 is 2.04 bits per heavy atom. The van der Waals surface area contributed by atoms with E-state index in [0.29, 0.717) is 25.0 Å². The highest BCUT2D eigenvalue weighted by Gasteiger charge is 2.36. The average molecular weight is 363 g/mol. The highest BCUT2D eigenvalue weighted by molar-refractivity contribution is 5.79. The first-order chi connectivity index (χ1) is 11.7. The molecule has 0 fully saturated rings. The van der Waals surface area contributed by atoms with Crippen LogP contribution in [0.1, 0.15) is 38.4 Å². The molecule has 0 aliphatic carbocycles. The van der Waals surface area contributed by atoms with Crippen LogP contribution >= 0.6 is 0 Å². The van der Waals surface area contributed by atoms with Gasteiger partial charge in [0, 0.05) is 45.6 Å². The SMILES string of the molecule is CCOC(CCNC(=NC)NCc1cn(C)nc1C(F)(F)F)C(C)C. The van der Waals surface area contributed by atoms with Gasteiger partial charge in [0.25, 0.3) is 0 Å². The highest BCUT2D eigenvalue weighted by Crippen LogP contribution is 2.30. The maximum atomic E-state index is 12.9. The molecule has 144 valence electrons. The Morgan fingerprint density at radius 1 is 1.36 bits per heavy atom. The summed E-state index contributed by atoms with van der Waals surface area (Å²) in [6.07, 6.45) is -2.21. The van der Waals surface area contributed by atoms with Gasteiger partial charge in [-0.15, -0.1) is 0 Å². The lowest BCUT2D eigenvalue weighted by Gasteiger charge is -2.21. The summed E-state index contributed by atoms with van der Waals surface area (Å²) in [6, 6.07) is 0. The van der Waals surface area contributed by atoms with E-state index in [2.05, 4.69) is 34.6 Å². The topological polar surface area (TPSA) is 63.5 Å². The fourth-order valence-electron chi connectivity index (χ4n) is 2.46. The third kappa shape index (κ3) is 6.93. The van der Waals surface area contributed by atoms with E-state index in [9.17, 15) is 13.2 Å². The first-order valence-electron chi connectivity index (χ1n) is 8.34. The van der Waals surface area contributed by atoms with E-state index in [1.807, 2.05) is 6.92 Å². The lowest BCUT2D eigenvalue weighted by molar-refractivity contribution is -0.142. The largest absolute Gasteiger partial charge is 0.435 e. The van der Waals surface area contributed by atoms with Crippen LogP contribution in [-0.4, -0.2) is 42.0 Å². The summed E-state index contributed by atoms with van der Waals surface area (Å²) in [5, 5.41) is 9.48. The van der Waals surface area contributed by atoms with E-state index < -0.39 is 11.9 Å². The zero-order valence-corrected chi connectivity index (χ0v) is 15.4. The molecule has 0 saturated heterocycles. The van der Waals surface area contributed by atoms with Crippen molar-refractivity contribution in [2.75, 3.05) is 20.2 Å². The quantitative estimate of drug-likeness (QED) is 0.550. The molecule has 1 aromatic rings. The first-order valence-corrected chi connectivity index (χ1v) is 8.34. The number of hydrogen-bond acceptors (Lipinski definition) is 3. The van der Waals surface area contributed by atoms with Crippen molar-refractivity contribution in [3.63, 3.8) is 0 Å². The average Bonchev–Trinajstić information content (AvgIpc) is 2.90. The van der Waals surface area contributed by atoms with Gasteiger partial charge >= 0.3 is 6.18 Å². The number of aromatic nitrogens is 2. The van der Waals surface area contributed by atoms with E-state index in [4.69, 9.17) is 4.74 Å². The molecule has 0 aromatic carbocycles. The molecule has 0 saturated carbocycles. The Hall–Kier alpha value is -1.77. The van der Waals surface area contributed by atoms with Crippen molar-refractivity contribution in [1.29, 1.82) is 0 Å². The van der Waals surface area contributed by atoms with Gasteiger partial charge in [0.05, 0.1) is 6.10 Å². The molecule has 0 amide bonds. The van der Waals surface area contributed by atoms with Gasteiger partial charge in [0.15, 0.2) is 11.7 Å². The number of hydrogen-bond donors (Lipinski definition) is 2. The molecule has 0 bridgehead atoms. The van der Waals surface area contributed by atoms with Crippen molar-refractivity contribution in [3.05, 3.63) is 17.5 Å². The van der Waals surface area contributed by atoms with Crippen LogP contribution in [0.3, 0.4) is 0 Å². The molecule has 1 aromatic heterocycles. The number of aryl methyl sites for hydroxylation is 1. The van der Waals surface area contributed by atoms with Crippen molar-refractivity contribution < 1.29 is 17.9 Å². The molecule has 0 radical (unpaired) electrons. The monoisotopic (exact) mass is 363 g/mol. The van der Waals surface area contributed by atoms with Gasteiger partial charge in [0.2, 0.25) is 0 Å². The van der Waals surface area contributed by atoms with Gasteiger partial charge in [0.1, 0.15) is 0 Å². The fourth-order valence-corrected chi connectivity index (χ4v) is 2.46. The predicted octanol–water partition coefficient (Wildman–Crippen LogP) is 2.56. The minimum absolute atomic E-state index is 0.0125. The Labute approximate surface area is 146 Å². The van der Waals surface area contributed by atoms with Gasteiger partial charge in [-0.05, 0) is 19.3 Å². The molecule has 25 heavy (non-hydrogen) atoms. The van der Waals surface area contributed by atoms with Crippen molar-refractivity contribution in [1.82, 2.24) is 20.4 Å². The van der Waals surface area contributed by atoms with E-state index in [-0.39, 0.29) is 18.2 Å². The number of alkyl halides is 3. The minimum atomic E-state index is -4.48. The number of nitrogens with one attached hydrogen (secondary N) is 2. The molecule has 0 aliphatic rings. The first kappa shape index (κ1) is 21.3. The molecule has 6 nitrogen and oxygen atoms in total. The summed E-state index contributed by atoms with van der Waals surface area (Å²) in [4.78, 5) is 4.03. The van der Waals surface area contributed by atoms with Crippen LogP contribution in [0.4, 0.5) is 13.2 Å². The molecular weight excluding hydrogens is 335 g/mol. The third-order valence-electron chi connectivity index (χ3n) is 3.69. The van der Waals surface area contributed by atoms with Crippen molar-refractivity contribution in [3.8, 4) is 0 Å². The lowest BCUT2D eigenvalue weighted by Crippen LogP contribution is -2.39. The van der Waals surface area contributed by atoms with E-state index in [1.165, 1.54) is 13.2 Å². The summed E-state index contributed by atoms with van der Waals surface area (Å²) in [6.45, 7) is 7.39. The van der Waals surface area contributed by atoms with Crippen molar-refractivity contribution >= 4 is 5.96 Å². The van der Waals surface area contributed by atoms with Crippen LogP contribution in [0.2, 0.25) is 0 Å². The van der Waals surface area contributed by atoms with Crippen molar-refractivity contribution in [2.45, 2.75) is 46.0 Å². The standard InChI is InChI=1S/C16H28F3N5O/c1-6-25-13(11(2)3)7-8-21-15(20-4)22-9-12-10-24(5)23-14(12)16(17,18)19/h10-11,13H,6-9H2,1-5H3,(H2,20,21,22). The van der Waals surface area contributed by atoms with Crippen LogP contribution in [0.25, 0.3) is 0 Å². The van der Waals surface area contributed by atoms with Gasteiger partial charge in [-0.2, -0.15) is 18.3 Å². The third-order valence-corrected chi connectivity index (χ3v) is 3.69. The van der Waals surface area contributed by atoms with Crippen molar-refractivity contribution in [2.24, 2.45) is 18.0 Å². The molecular formula is C16H28F3N5O. The Morgan fingerprint density at radius 3 is 2.56 bits per heavy atom. The number of ether oxygens (including phenoxy) is 1. The summed E-state index contributed by atoms with van der Waals surface area (Å²) in [5.41, 5.74) is -0.804. The minimum Gasteiger partial charge on any atom is -0.378 e. The van der Waals surface area contributed by atoms with E-state index in [1.54, 1.807) is 7.05 Å². The number of nitrogens with zero attached hydrogens (tertiary/aromatic N) is 3. The molecule has 1 unspecified atom stereocenters. The predicted molar refractivity (Wildman–Crippen MR) is 91.3 cm³/mol.